The lowest BCUT2D eigenvalue weighted by Gasteiger charge is -2.30. The summed E-state index contributed by atoms with van der Waals surface area (Å²) in [6.45, 7) is 1.57. The second-order valence-electron chi connectivity index (χ2n) is 12.1. The molecule has 1 saturated carbocycles. The second-order valence-corrected chi connectivity index (χ2v) is 12.6. The van der Waals surface area contributed by atoms with Crippen LogP contribution in [0.4, 0.5) is 33.3 Å². The Labute approximate surface area is 265 Å². The number of aromatic nitrogens is 1. The largest absolute Gasteiger partial charge is 0.395 e. The Kier molecular flexibility index (Phi) is 7.80. The number of fused-ring (bicyclic) bond motifs is 2. The lowest BCUT2D eigenvalue weighted by molar-refractivity contribution is -0.206. The topological polar surface area (TPSA) is 117 Å². The molecule has 6 rings (SSSR count). The smallest absolute Gasteiger partial charge is 0.382 e. The molecule has 2 aliphatic carbocycles. The molecule has 15 heteroatoms. The molecule has 2 aliphatic heterocycles. The van der Waals surface area contributed by atoms with Gasteiger partial charge >= 0.3 is 6.18 Å². The normalized spacial score (nSPS) is 20.9. The molecule has 0 radical (unpaired) electrons. The van der Waals surface area contributed by atoms with Crippen molar-refractivity contribution in [1.82, 2.24) is 21.0 Å². The van der Waals surface area contributed by atoms with Crippen LogP contribution in [0.3, 0.4) is 0 Å². The number of carbonyl (C=O) groups excluding carboxylic acids is 1. The van der Waals surface area contributed by atoms with Crippen LogP contribution in [0.5, 0.6) is 0 Å². The summed E-state index contributed by atoms with van der Waals surface area (Å²) in [5.74, 6) is -1.01. The molecule has 9 nitrogen and oxygen atoms in total. The van der Waals surface area contributed by atoms with E-state index < -0.39 is 42.1 Å². The van der Waals surface area contributed by atoms with Crippen molar-refractivity contribution < 1.29 is 26.7 Å². The maximum atomic E-state index is 14.0. The molecule has 2 aromatic rings. The molecule has 1 unspecified atom stereocenters. The van der Waals surface area contributed by atoms with Crippen LogP contribution in [0, 0.1) is 22.7 Å². The molecule has 46 heavy (non-hydrogen) atoms. The van der Waals surface area contributed by atoms with Crippen LogP contribution in [-0.4, -0.2) is 52.8 Å². The van der Waals surface area contributed by atoms with Crippen LogP contribution < -0.4 is 21.6 Å². The molecule has 3 heterocycles. The fourth-order valence-electron chi connectivity index (χ4n) is 5.52. The molecular formula is C31H28ClF5N8O. The van der Waals surface area contributed by atoms with Gasteiger partial charge in [-0.25, -0.2) is 13.8 Å². The summed E-state index contributed by atoms with van der Waals surface area (Å²) in [5.41, 5.74) is 4.86. The van der Waals surface area contributed by atoms with Gasteiger partial charge < -0.3 is 16.1 Å². The minimum Gasteiger partial charge on any atom is -0.382 e. The Morgan fingerprint density at radius 2 is 2.00 bits per heavy atom. The van der Waals surface area contributed by atoms with Gasteiger partial charge in [0.1, 0.15) is 11.6 Å². The lowest BCUT2D eigenvalue weighted by atomic mass is 9.82. The minimum atomic E-state index is -4.51. The van der Waals surface area contributed by atoms with Crippen molar-refractivity contribution in [3.8, 4) is 6.07 Å². The number of hydrazine groups is 2. The van der Waals surface area contributed by atoms with Gasteiger partial charge in [0.25, 0.3) is 12.3 Å². The predicted octanol–water partition coefficient (Wildman–Crippen LogP) is 6.15. The number of anilines is 2. The molecule has 1 aromatic heterocycles. The van der Waals surface area contributed by atoms with E-state index in [-0.39, 0.29) is 27.7 Å². The molecule has 1 aromatic carbocycles. The van der Waals surface area contributed by atoms with Gasteiger partial charge in [-0.2, -0.15) is 18.4 Å². The highest BCUT2D eigenvalue weighted by Gasteiger charge is 2.57. The van der Waals surface area contributed by atoms with E-state index in [0.717, 1.165) is 13.8 Å². The maximum Gasteiger partial charge on any atom is 0.395 e. The summed E-state index contributed by atoms with van der Waals surface area (Å²) in [4.78, 5) is 20.8. The SMILES string of the molecule is CC(C)(CNc1c(C#N)cnc2c(Cl)cc(N[C@H](C3=CN(C4(C(F)F)CC4)NN3)C3=CC=CC4C(=O)N=CC=C34)cc12)C(F)(F)F. The highest BCUT2D eigenvalue weighted by molar-refractivity contribution is 6.35. The van der Waals surface area contributed by atoms with Gasteiger partial charge in [0, 0.05) is 36.2 Å². The van der Waals surface area contributed by atoms with Crippen LogP contribution in [-0.2, 0) is 4.79 Å². The standard InChI is InChI=1S/C31H28ClF5N8O/c1-29(2,31(35,36)37)15-41-24-16(12-38)13-40-25-21(24)10-17(11-22(25)32)42-26(19-4-3-5-20-18(19)6-9-39-27(20)46)23-14-45(44-43-23)30(7-8-30)28(33)34/h3-6,9-11,13-14,20,26,28,42-44H,7-8,15H2,1-2H3,(H,40,41)/t20?,26-/m0/s1. The summed E-state index contributed by atoms with van der Waals surface area (Å²) < 4.78 is 68.9. The van der Waals surface area contributed by atoms with Crippen molar-refractivity contribution in [2.75, 3.05) is 17.2 Å². The van der Waals surface area contributed by atoms with E-state index in [4.69, 9.17) is 11.6 Å². The number of amides is 1. The van der Waals surface area contributed by atoms with Gasteiger partial charge in [0.05, 0.1) is 44.9 Å². The van der Waals surface area contributed by atoms with Crippen molar-refractivity contribution in [2.45, 2.75) is 50.9 Å². The van der Waals surface area contributed by atoms with Gasteiger partial charge in [-0.1, -0.05) is 29.8 Å². The molecule has 240 valence electrons. The summed E-state index contributed by atoms with van der Waals surface area (Å²) in [7, 11) is 0. The van der Waals surface area contributed by atoms with E-state index in [1.807, 2.05) is 6.07 Å². The number of benzene rings is 1. The summed E-state index contributed by atoms with van der Waals surface area (Å²) >= 11 is 6.65. The van der Waals surface area contributed by atoms with Crippen LogP contribution in [0.1, 0.15) is 32.3 Å². The van der Waals surface area contributed by atoms with E-state index in [2.05, 4.69) is 31.6 Å². The first kappa shape index (κ1) is 31.5. The number of hydrogen-bond donors (Lipinski definition) is 4. The van der Waals surface area contributed by atoms with Crippen LogP contribution in [0.25, 0.3) is 10.9 Å². The van der Waals surface area contributed by atoms with E-state index >= 15 is 0 Å². The van der Waals surface area contributed by atoms with E-state index in [9.17, 15) is 32.0 Å². The summed E-state index contributed by atoms with van der Waals surface area (Å²) in [6, 6.07) is 4.39. The third kappa shape index (κ3) is 5.47. The Morgan fingerprint density at radius 1 is 1.24 bits per heavy atom. The fraction of sp³-hybridized carbons (Fsp3) is 0.355. The zero-order chi connectivity index (χ0) is 33.0. The van der Waals surface area contributed by atoms with Crippen LogP contribution in [0.2, 0.25) is 5.02 Å². The third-order valence-corrected chi connectivity index (χ3v) is 8.95. The molecule has 0 saturated heterocycles. The van der Waals surface area contributed by atoms with E-state index in [1.165, 1.54) is 17.4 Å². The summed E-state index contributed by atoms with van der Waals surface area (Å²) in [6.07, 6.45) is 4.59. The van der Waals surface area contributed by atoms with Gasteiger partial charge in [0.2, 0.25) is 0 Å². The van der Waals surface area contributed by atoms with Gasteiger partial charge in [-0.3, -0.25) is 14.8 Å². The van der Waals surface area contributed by atoms with Gasteiger partial charge in [0.15, 0.2) is 0 Å². The molecule has 4 N–H and O–H groups in total. The number of halogens is 6. The van der Waals surface area contributed by atoms with Crippen molar-refractivity contribution in [2.24, 2.45) is 16.3 Å². The number of nitriles is 1. The number of alkyl halides is 5. The highest BCUT2D eigenvalue weighted by atomic mass is 35.5. The number of dihydropyridines is 1. The molecule has 1 fully saturated rings. The first-order chi connectivity index (χ1) is 21.8. The predicted molar refractivity (Wildman–Crippen MR) is 164 cm³/mol. The number of nitrogens with zero attached hydrogens (tertiary/aromatic N) is 4. The van der Waals surface area contributed by atoms with Gasteiger partial charge in [-0.05, 0) is 56.0 Å². The Morgan fingerprint density at radius 3 is 2.67 bits per heavy atom. The van der Waals surface area contributed by atoms with Crippen molar-refractivity contribution in [1.29, 1.82) is 5.26 Å². The number of aliphatic imine (C=N–C) groups is 1. The Bertz CT molecular complexity index is 1800. The van der Waals surface area contributed by atoms with Crippen LogP contribution >= 0.6 is 11.6 Å². The van der Waals surface area contributed by atoms with Crippen LogP contribution in [0.15, 0.2) is 70.7 Å². The first-order valence-electron chi connectivity index (χ1n) is 14.3. The third-order valence-electron chi connectivity index (χ3n) is 8.66. The highest BCUT2D eigenvalue weighted by Crippen LogP contribution is 2.47. The molecular weight excluding hydrogens is 631 g/mol. The average Bonchev–Trinajstić information content (AvgIpc) is 3.68. The van der Waals surface area contributed by atoms with Crippen molar-refractivity contribution >= 4 is 46.0 Å². The van der Waals surface area contributed by atoms with Gasteiger partial charge in [-0.15, -0.1) is 5.53 Å². The molecule has 0 spiro atoms. The number of pyridine rings is 1. The number of hydrogen-bond acceptors (Lipinski definition) is 8. The number of allylic oxidation sites excluding steroid dienone is 3. The fourth-order valence-corrected chi connectivity index (χ4v) is 5.79. The minimum absolute atomic E-state index is 0.0186. The van der Waals surface area contributed by atoms with Crippen molar-refractivity contribution in [3.63, 3.8) is 0 Å². The molecule has 1 amide bonds. The Balaban J connectivity index is 1.42. The lowest BCUT2D eigenvalue weighted by Crippen LogP contribution is -2.48. The van der Waals surface area contributed by atoms with E-state index in [1.54, 1.807) is 42.6 Å². The number of nitrogens with one attached hydrogen (secondary N) is 4. The zero-order valence-electron chi connectivity index (χ0n) is 24.5. The molecule has 2 atom stereocenters. The zero-order valence-corrected chi connectivity index (χ0v) is 25.3. The molecule has 0 bridgehead atoms. The Hall–Kier alpha value is -4.48. The quantitative estimate of drug-likeness (QED) is 0.237. The first-order valence-corrected chi connectivity index (χ1v) is 14.7. The van der Waals surface area contributed by atoms with E-state index in [0.29, 0.717) is 40.8 Å². The van der Waals surface area contributed by atoms with Crippen molar-refractivity contribution in [3.05, 3.63) is 76.3 Å². The summed E-state index contributed by atoms with van der Waals surface area (Å²) in [5, 5.41) is 17.8. The molecule has 4 aliphatic rings. The second kappa shape index (κ2) is 11.4. The number of carbonyl (C=O) groups is 1. The monoisotopic (exact) mass is 658 g/mol. The average molecular weight is 659 g/mol. The maximum absolute atomic E-state index is 14.0. The number of rotatable bonds is 9.